The standard InChI is InChI=1S/C15H18N2O4S/c18-13-6-8-22-12-5-4-10(9-11(12)16-13)15(19)17-21-14-3-1-2-7-20-14/h4-5,9,14H,1-3,6-8H2,(H,16,18)(H,17,19)/t14-/m0/s1. The lowest BCUT2D eigenvalue weighted by Crippen LogP contribution is -2.33. The molecule has 0 aliphatic carbocycles. The van der Waals surface area contributed by atoms with E-state index in [1.54, 1.807) is 23.9 Å². The summed E-state index contributed by atoms with van der Waals surface area (Å²) in [5, 5.41) is 2.82. The van der Waals surface area contributed by atoms with Crippen LogP contribution >= 0.6 is 11.8 Å². The molecule has 2 heterocycles. The number of hydrogen-bond donors (Lipinski definition) is 2. The van der Waals surface area contributed by atoms with Crippen molar-refractivity contribution < 1.29 is 19.2 Å². The number of hydroxylamine groups is 1. The quantitative estimate of drug-likeness (QED) is 0.835. The van der Waals surface area contributed by atoms with Crippen molar-refractivity contribution in [3.63, 3.8) is 0 Å². The van der Waals surface area contributed by atoms with Gasteiger partial charge in [-0.1, -0.05) is 0 Å². The average Bonchev–Trinajstić information content (AvgIpc) is 2.73. The van der Waals surface area contributed by atoms with E-state index in [-0.39, 0.29) is 18.1 Å². The Balaban J connectivity index is 1.63. The molecule has 2 aliphatic rings. The summed E-state index contributed by atoms with van der Waals surface area (Å²) in [6.45, 7) is 0.655. The molecule has 0 bridgehead atoms. The van der Waals surface area contributed by atoms with E-state index in [0.29, 0.717) is 24.3 Å². The van der Waals surface area contributed by atoms with E-state index < -0.39 is 0 Å². The van der Waals surface area contributed by atoms with E-state index in [0.717, 1.165) is 29.9 Å². The Labute approximate surface area is 132 Å². The first-order valence-electron chi connectivity index (χ1n) is 7.37. The molecule has 0 unspecified atom stereocenters. The van der Waals surface area contributed by atoms with Gasteiger partial charge in [-0.3, -0.25) is 9.59 Å². The number of thioether (sulfide) groups is 1. The molecule has 3 rings (SSSR count). The lowest BCUT2D eigenvalue weighted by atomic mass is 10.2. The van der Waals surface area contributed by atoms with E-state index in [4.69, 9.17) is 9.57 Å². The van der Waals surface area contributed by atoms with Crippen LogP contribution in [0.15, 0.2) is 23.1 Å². The second-order valence-corrected chi connectivity index (χ2v) is 6.34. The highest BCUT2D eigenvalue weighted by Crippen LogP contribution is 2.31. The Morgan fingerprint density at radius 2 is 2.32 bits per heavy atom. The Morgan fingerprint density at radius 3 is 3.14 bits per heavy atom. The number of benzene rings is 1. The van der Waals surface area contributed by atoms with Crippen molar-refractivity contribution in [2.45, 2.75) is 36.9 Å². The van der Waals surface area contributed by atoms with Gasteiger partial charge in [0.05, 0.1) is 5.69 Å². The summed E-state index contributed by atoms with van der Waals surface area (Å²) in [4.78, 5) is 30.0. The Kier molecular flexibility index (Phi) is 4.97. The Hall–Kier alpha value is -1.57. The average molecular weight is 322 g/mol. The van der Waals surface area contributed by atoms with Crippen molar-refractivity contribution in [2.24, 2.45) is 0 Å². The third-order valence-electron chi connectivity index (χ3n) is 3.52. The first-order valence-corrected chi connectivity index (χ1v) is 8.35. The third kappa shape index (κ3) is 3.79. The highest BCUT2D eigenvalue weighted by Gasteiger charge is 2.18. The van der Waals surface area contributed by atoms with Crippen molar-refractivity contribution in [1.29, 1.82) is 0 Å². The van der Waals surface area contributed by atoms with Gasteiger partial charge in [-0.25, -0.2) is 10.3 Å². The zero-order chi connectivity index (χ0) is 15.4. The van der Waals surface area contributed by atoms with E-state index in [9.17, 15) is 9.59 Å². The number of hydrogen-bond acceptors (Lipinski definition) is 5. The molecule has 0 spiro atoms. The van der Waals surface area contributed by atoms with Crippen LogP contribution in [-0.4, -0.2) is 30.5 Å². The molecule has 1 aromatic rings. The van der Waals surface area contributed by atoms with Crippen LogP contribution in [0.1, 0.15) is 36.0 Å². The van der Waals surface area contributed by atoms with Crippen LogP contribution in [0.3, 0.4) is 0 Å². The number of nitrogens with one attached hydrogen (secondary N) is 2. The monoisotopic (exact) mass is 322 g/mol. The number of fused-ring (bicyclic) bond motifs is 1. The minimum absolute atomic E-state index is 0.0318. The number of rotatable bonds is 3. The summed E-state index contributed by atoms with van der Waals surface area (Å²) in [5.74, 6) is 0.364. The minimum Gasteiger partial charge on any atom is -0.350 e. The topological polar surface area (TPSA) is 76.7 Å². The van der Waals surface area contributed by atoms with Crippen LogP contribution in [0.2, 0.25) is 0 Å². The molecule has 0 radical (unpaired) electrons. The number of carbonyl (C=O) groups is 2. The third-order valence-corrected chi connectivity index (χ3v) is 4.60. The normalized spacial score (nSPS) is 21.5. The van der Waals surface area contributed by atoms with Crippen molar-refractivity contribution in [2.75, 3.05) is 17.7 Å². The minimum atomic E-state index is -0.381. The van der Waals surface area contributed by atoms with Gasteiger partial charge in [-0.2, -0.15) is 0 Å². The van der Waals surface area contributed by atoms with Crippen molar-refractivity contribution in [3.05, 3.63) is 23.8 Å². The fraction of sp³-hybridized carbons (Fsp3) is 0.467. The van der Waals surface area contributed by atoms with Crippen LogP contribution < -0.4 is 10.8 Å². The molecule has 1 saturated heterocycles. The molecule has 0 aromatic heterocycles. The second-order valence-electron chi connectivity index (χ2n) is 5.20. The van der Waals surface area contributed by atoms with Crippen molar-refractivity contribution >= 4 is 29.3 Å². The summed E-state index contributed by atoms with van der Waals surface area (Å²) in [7, 11) is 0. The van der Waals surface area contributed by atoms with Crippen molar-refractivity contribution in [1.82, 2.24) is 5.48 Å². The molecular formula is C15H18N2O4S. The lowest BCUT2D eigenvalue weighted by molar-refractivity contribution is -0.186. The number of ether oxygens (including phenoxy) is 1. The fourth-order valence-corrected chi connectivity index (χ4v) is 3.28. The van der Waals surface area contributed by atoms with E-state index in [2.05, 4.69) is 10.8 Å². The first-order chi connectivity index (χ1) is 10.7. The predicted molar refractivity (Wildman–Crippen MR) is 82.6 cm³/mol. The van der Waals surface area contributed by atoms with E-state index in [1.165, 1.54) is 0 Å². The zero-order valence-corrected chi connectivity index (χ0v) is 12.9. The molecule has 7 heteroatoms. The van der Waals surface area contributed by atoms with Gasteiger partial charge in [0.25, 0.3) is 5.91 Å². The van der Waals surface area contributed by atoms with Crippen molar-refractivity contribution in [3.8, 4) is 0 Å². The van der Waals surface area contributed by atoms with Crippen LogP contribution in [0, 0.1) is 0 Å². The molecule has 2 aliphatic heterocycles. The summed E-state index contributed by atoms with van der Waals surface area (Å²) in [5.41, 5.74) is 3.54. The van der Waals surface area contributed by atoms with E-state index >= 15 is 0 Å². The van der Waals surface area contributed by atoms with Gasteiger partial charge in [0.15, 0.2) is 6.29 Å². The summed E-state index contributed by atoms with van der Waals surface area (Å²) >= 11 is 1.60. The molecule has 2 amide bonds. The number of carbonyl (C=O) groups excluding carboxylic acids is 2. The molecule has 6 nitrogen and oxygen atoms in total. The number of amides is 2. The van der Waals surface area contributed by atoms with Gasteiger partial charge in [0, 0.05) is 35.7 Å². The molecule has 1 atom stereocenters. The smallest absolute Gasteiger partial charge is 0.275 e. The molecule has 1 fully saturated rings. The Bertz CT molecular complexity index is 573. The lowest BCUT2D eigenvalue weighted by Gasteiger charge is -2.22. The highest BCUT2D eigenvalue weighted by atomic mass is 32.2. The van der Waals surface area contributed by atoms with Crippen LogP contribution in [-0.2, 0) is 14.4 Å². The Morgan fingerprint density at radius 1 is 1.41 bits per heavy atom. The molecule has 0 saturated carbocycles. The zero-order valence-electron chi connectivity index (χ0n) is 12.1. The summed E-state index contributed by atoms with van der Waals surface area (Å²) in [6, 6.07) is 5.24. The molecule has 22 heavy (non-hydrogen) atoms. The van der Waals surface area contributed by atoms with Gasteiger partial charge in [-0.15, -0.1) is 11.8 Å². The second kappa shape index (κ2) is 7.13. The summed E-state index contributed by atoms with van der Waals surface area (Å²) in [6.07, 6.45) is 2.92. The molecular weight excluding hydrogens is 304 g/mol. The van der Waals surface area contributed by atoms with Crippen LogP contribution in [0.5, 0.6) is 0 Å². The predicted octanol–water partition coefficient (Wildman–Crippen LogP) is 2.31. The van der Waals surface area contributed by atoms with Gasteiger partial charge in [-0.05, 0) is 31.0 Å². The van der Waals surface area contributed by atoms with E-state index in [1.807, 2.05) is 6.07 Å². The number of anilines is 1. The maximum absolute atomic E-state index is 12.1. The fourth-order valence-electron chi connectivity index (χ4n) is 2.34. The first kappa shape index (κ1) is 15.3. The maximum Gasteiger partial charge on any atom is 0.275 e. The van der Waals surface area contributed by atoms with Crippen LogP contribution in [0.4, 0.5) is 5.69 Å². The molecule has 2 N–H and O–H groups in total. The SMILES string of the molecule is O=C1CCSc2ccc(C(=O)NO[C@H]3CCCCO3)cc2N1. The van der Waals surface area contributed by atoms with Gasteiger partial charge >= 0.3 is 0 Å². The highest BCUT2D eigenvalue weighted by molar-refractivity contribution is 7.99. The van der Waals surface area contributed by atoms with Crippen LogP contribution in [0.25, 0.3) is 0 Å². The molecule has 118 valence electrons. The largest absolute Gasteiger partial charge is 0.350 e. The summed E-state index contributed by atoms with van der Waals surface area (Å²) < 4.78 is 5.39. The molecule has 1 aromatic carbocycles. The van der Waals surface area contributed by atoms with Gasteiger partial charge in [0.1, 0.15) is 0 Å². The maximum atomic E-state index is 12.1. The van der Waals surface area contributed by atoms with Gasteiger partial charge in [0.2, 0.25) is 5.91 Å². The van der Waals surface area contributed by atoms with Gasteiger partial charge < -0.3 is 10.1 Å².